The summed E-state index contributed by atoms with van der Waals surface area (Å²) in [6.07, 6.45) is 0. The van der Waals surface area contributed by atoms with Crippen molar-refractivity contribution in [3.63, 3.8) is 0 Å². The van der Waals surface area contributed by atoms with E-state index in [1.54, 1.807) is 7.11 Å². The molecule has 2 rings (SSSR count). The Morgan fingerprint density at radius 2 is 1.90 bits per heavy atom. The van der Waals surface area contributed by atoms with Crippen molar-refractivity contribution < 1.29 is 4.74 Å². The van der Waals surface area contributed by atoms with E-state index >= 15 is 0 Å². The minimum Gasteiger partial charge on any atom is -0.496 e. The number of nitrogens with one attached hydrogen (secondary N) is 1. The largest absolute Gasteiger partial charge is 0.496 e. The summed E-state index contributed by atoms with van der Waals surface area (Å²) in [5.41, 5.74) is 4.24. The summed E-state index contributed by atoms with van der Waals surface area (Å²) in [5, 5.41) is 12.3. The summed E-state index contributed by atoms with van der Waals surface area (Å²) in [5.74, 6) is 0.916. The maximum absolute atomic E-state index is 8.81. The van der Waals surface area contributed by atoms with Crippen molar-refractivity contribution in [2.45, 2.75) is 26.4 Å². The first-order valence-electron chi connectivity index (χ1n) is 7.01. The Bertz CT molecular complexity index is 641. The minimum atomic E-state index is 0.236. The van der Waals surface area contributed by atoms with Crippen LogP contribution in [0.1, 0.15) is 35.2 Å². The molecule has 0 amide bonds. The second kappa shape index (κ2) is 6.92. The fourth-order valence-electron chi connectivity index (χ4n) is 2.29. The standard InChI is InChI=1S/C18H20N2O/c1-13-10-16(6-9-18(13)21-3)12-20-14(2)17-7-4-15(11-19)5-8-17/h4-10,14,20H,12H2,1-3H3. The molecular weight excluding hydrogens is 260 g/mol. The molecule has 0 heterocycles. The van der Waals surface area contributed by atoms with Crippen LogP contribution < -0.4 is 10.1 Å². The summed E-state index contributed by atoms with van der Waals surface area (Å²) < 4.78 is 5.27. The fraction of sp³-hybridized carbons (Fsp3) is 0.278. The third-order valence-corrected chi connectivity index (χ3v) is 3.61. The first-order chi connectivity index (χ1) is 10.1. The molecule has 0 spiro atoms. The first kappa shape index (κ1) is 15.1. The van der Waals surface area contributed by atoms with Crippen molar-refractivity contribution in [2.75, 3.05) is 7.11 Å². The van der Waals surface area contributed by atoms with E-state index < -0.39 is 0 Å². The van der Waals surface area contributed by atoms with Crippen molar-refractivity contribution in [3.05, 3.63) is 64.7 Å². The van der Waals surface area contributed by atoms with Crippen molar-refractivity contribution in [3.8, 4) is 11.8 Å². The van der Waals surface area contributed by atoms with Gasteiger partial charge in [0.25, 0.3) is 0 Å². The number of aryl methyl sites for hydroxylation is 1. The van der Waals surface area contributed by atoms with Gasteiger partial charge in [0.05, 0.1) is 18.7 Å². The van der Waals surface area contributed by atoms with E-state index in [1.165, 1.54) is 11.1 Å². The molecule has 0 aliphatic heterocycles. The topological polar surface area (TPSA) is 45.0 Å². The molecule has 108 valence electrons. The molecule has 1 unspecified atom stereocenters. The van der Waals surface area contributed by atoms with Crippen LogP contribution in [0.25, 0.3) is 0 Å². The lowest BCUT2D eigenvalue weighted by molar-refractivity contribution is 0.411. The number of rotatable bonds is 5. The number of hydrogen-bond acceptors (Lipinski definition) is 3. The van der Waals surface area contributed by atoms with Crippen molar-refractivity contribution in [1.29, 1.82) is 5.26 Å². The number of ether oxygens (including phenoxy) is 1. The second-order valence-corrected chi connectivity index (χ2v) is 5.14. The molecule has 2 aromatic carbocycles. The van der Waals surface area contributed by atoms with E-state index in [9.17, 15) is 0 Å². The molecule has 0 bridgehead atoms. The van der Waals surface area contributed by atoms with Crippen LogP contribution in [0.2, 0.25) is 0 Å². The smallest absolute Gasteiger partial charge is 0.121 e. The van der Waals surface area contributed by atoms with E-state index in [2.05, 4.69) is 30.4 Å². The summed E-state index contributed by atoms with van der Waals surface area (Å²) in [6, 6.07) is 16.3. The minimum absolute atomic E-state index is 0.236. The van der Waals surface area contributed by atoms with E-state index in [1.807, 2.05) is 37.3 Å². The molecule has 0 fully saturated rings. The molecular formula is C18H20N2O. The van der Waals surface area contributed by atoms with E-state index in [0.717, 1.165) is 17.9 Å². The SMILES string of the molecule is COc1ccc(CNC(C)c2ccc(C#N)cc2)cc1C. The van der Waals surface area contributed by atoms with Gasteiger partial charge in [0.15, 0.2) is 0 Å². The molecule has 1 N–H and O–H groups in total. The van der Waals surface area contributed by atoms with Gasteiger partial charge in [-0.1, -0.05) is 24.3 Å². The lowest BCUT2D eigenvalue weighted by Crippen LogP contribution is -2.18. The third kappa shape index (κ3) is 3.84. The Morgan fingerprint density at radius 3 is 2.48 bits per heavy atom. The fourth-order valence-corrected chi connectivity index (χ4v) is 2.29. The van der Waals surface area contributed by atoms with E-state index in [-0.39, 0.29) is 6.04 Å². The predicted molar refractivity (Wildman–Crippen MR) is 84.1 cm³/mol. The Balaban J connectivity index is 1.98. The Kier molecular flexibility index (Phi) is 4.97. The Morgan fingerprint density at radius 1 is 1.19 bits per heavy atom. The van der Waals surface area contributed by atoms with Crippen LogP contribution in [0.3, 0.4) is 0 Å². The van der Waals surface area contributed by atoms with Crippen LogP contribution in [0, 0.1) is 18.3 Å². The quantitative estimate of drug-likeness (QED) is 0.907. The summed E-state index contributed by atoms with van der Waals surface area (Å²) in [6.45, 7) is 4.97. The van der Waals surface area contributed by atoms with Gasteiger partial charge in [0.2, 0.25) is 0 Å². The number of hydrogen-bond donors (Lipinski definition) is 1. The normalized spacial score (nSPS) is 11.7. The first-order valence-corrected chi connectivity index (χ1v) is 7.01. The van der Waals surface area contributed by atoms with Crippen LogP contribution in [-0.4, -0.2) is 7.11 Å². The molecule has 3 heteroatoms. The zero-order valence-electron chi connectivity index (χ0n) is 12.7. The van der Waals surface area contributed by atoms with Gasteiger partial charge in [0.1, 0.15) is 5.75 Å². The highest BCUT2D eigenvalue weighted by Gasteiger charge is 2.06. The van der Waals surface area contributed by atoms with Crippen LogP contribution in [0.15, 0.2) is 42.5 Å². The monoisotopic (exact) mass is 280 g/mol. The molecule has 0 aliphatic carbocycles. The van der Waals surface area contributed by atoms with Gasteiger partial charge < -0.3 is 10.1 Å². The van der Waals surface area contributed by atoms with Crippen LogP contribution in [-0.2, 0) is 6.54 Å². The maximum atomic E-state index is 8.81. The molecule has 0 aliphatic rings. The van der Waals surface area contributed by atoms with Crippen LogP contribution >= 0.6 is 0 Å². The third-order valence-electron chi connectivity index (χ3n) is 3.61. The Labute approximate surface area is 126 Å². The number of benzene rings is 2. The average molecular weight is 280 g/mol. The summed E-state index contributed by atoms with van der Waals surface area (Å²) in [4.78, 5) is 0. The van der Waals surface area contributed by atoms with Gasteiger partial charge >= 0.3 is 0 Å². The average Bonchev–Trinajstić information content (AvgIpc) is 2.52. The predicted octanol–water partition coefficient (Wildman–Crippen LogP) is 3.73. The number of nitrogens with zero attached hydrogens (tertiary/aromatic N) is 1. The molecule has 0 aromatic heterocycles. The second-order valence-electron chi connectivity index (χ2n) is 5.14. The van der Waals surface area contributed by atoms with E-state index in [0.29, 0.717) is 5.56 Å². The van der Waals surface area contributed by atoms with Gasteiger partial charge in [-0.3, -0.25) is 0 Å². The molecule has 3 nitrogen and oxygen atoms in total. The molecule has 0 saturated carbocycles. The van der Waals surface area contributed by atoms with Crippen molar-refractivity contribution >= 4 is 0 Å². The maximum Gasteiger partial charge on any atom is 0.121 e. The molecule has 2 aromatic rings. The van der Waals surface area contributed by atoms with E-state index in [4.69, 9.17) is 10.00 Å². The lowest BCUT2D eigenvalue weighted by atomic mass is 10.1. The van der Waals surface area contributed by atoms with Gasteiger partial charge in [-0.05, 0) is 48.7 Å². The summed E-state index contributed by atoms with van der Waals surface area (Å²) in [7, 11) is 1.69. The highest BCUT2D eigenvalue weighted by atomic mass is 16.5. The Hall–Kier alpha value is -2.31. The molecule has 0 radical (unpaired) electrons. The van der Waals surface area contributed by atoms with Crippen molar-refractivity contribution in [1.82, 2.24) is 5.32 Å². The lowest BCUT2D eigenvalue weighted by Gasteiger charge is -2.15. The van der Waals surface area contributed by atoms with Gasteiger partial charge in [-0.2, -0.15) is 5.26 Å². The number of nitriles is 1. The van der Waals surface area contributed by atoms with Crippen LogP contribution in [0.4, 0.5) is 0 Å². The molecule has 21 heavy (non-hydrogen) atoms. The van der Waals surface area contributed by atoms with Gasteiger partial charge in [-0.15, -0.1) is 0 Å². The van der Waals surface area contributed by atoms with Gasteiger partial charge in [-0.25, -0.2) is 0 Å². The number of methoxy groups -OCH3 is 1. The van der Waals surface area contributed by atoms with Gasteiger partial charge in [0, 0.05) is 12.6 Å². The zero-order chi connectivity index (χ0) is 15.2. The zero-order valence-corrected chi connectivity index (χ0v) is 12.7. The summed E-state index contributed by atoms with van der Waals surface area (Å²) >= 11 is 0. The highest BCUT2D eigenvalue weighted by molar-refractivity contribution is 5.36. The van der Waals surface area contributed by atoms with Crippen LogP contribution in [0.5, 0.6) is 5.75 Å². The molecule has 0 saturated heterocycles. The van der Waals surface area contributed by atoms with Crippen molar-refractivity contribution in [2.24, 2.45) is 0 Å². The highest BCUT2D eigenvalue weighted by Crippen LogP contribution is 2.19. The molecule has 1 atom stereocenters.